The number of hydrogen-bond donors (Lipinski definition) is 0. The number of nitrogens with zero attached hydrogens (tertiary/aromatic N) is 1. The van der Waals surface area contributed by atoms with Gasteiger partial charge in [-0.25, -0.2) is 0 Å². The first-order valence-electron chi connectivity index (χ1n) is 5.83. The van der Waals surface area contributed by atoms with Gasteiger partial charge in [-0.1, -0.05) is 26.8 Å². The minimum absolute atomic E-state index is 0.0122. The molecule has 1 aromatic rings. The lowest BCUT2D eigenvalue weighted by molar-refractivity contribution is 0.233. The third-order valence-electron chi connectivity index (χ3n) is 2.79. The molecule has 0 spiro atoms. The van der Waals surface area contributed by atoms with Gasteiger partial charge in [-0.3, -0.25) is 4.79 Å². The summed E-state index contributed by atoms with van der Waals surface area (Å²) in [6, 6.07) is 6.05. The van der Waals surface area contributed by atoms with Crippen LogP contribution in [0.1, 0.15) is 31.9 Å². The van der Waals surface area contributed by atoms with Crippen molar-refractivity contribution in [3.05, 3.63) is 29.3 Å². The van der Waals surface area contributed by atoms with Crippen LogP contribution >= 0.6 is 15.9 Å². The Morgan fingerprint density at radius 3 is 2.44 bits per heavy atom. The van der Waals surface area contributed by atoms with Crippen molar-refractivity contribution in [1.82, 2.24) is 4.90 Å². The quantitative estimate of drug-likeness (QED) is 0.625. The summed E-state index contributed by atoms with van der Waals surface area (Å²) in [5, 5.41) is 0. The van der Waals surface area contributed by atoms with Crippen LogP contribution in [0.15, 0.2) is 18.2 Å². The minimum Gasteiger partial charge on any atom is -0.496 e. The second kappa shape index (κ2) is 5.74. The molecule has 0 aromatic heterocycles. The maximum atomic E-state index is 11.2. The van der Waals surface area contributed by atoms with Gasteiger partial charge in [0.15, 0.2) is 0 Å². The third-order valence-corrected chi connectivity index (χ3v) is 3.40. The highest BCUT2D eigenvalue weighted by molar-refractivity contribution is 9.18. The Kier molecular flexibility index (Phi) is 4.79. The Bertz CT molecular complexity index is 438. The molecule has 18 heavy (non-hydrogen) atoms. The Morgan fingerprint density at radius 1 is 1.39 bits per heavy atom. The normalized spacial score (nSPS) is 11.2. The van der Waals surface area contributed by atoms with Crippen molar-refractivity contribution < 1.29 is 9.53 Å². The molecule has 100 valence electrons. The Balaban J connectivity index is 3.07. The fraction of sp³-hybridized carbons (Fsp3) is 0.500. The van der Waals surface area contributed by atoms with Gasteiger partial charge in [-0.2, -0.15) is 0 Å². The number of ether oxygens (including phenoxy) is 1. The molecular formula is C14H20BrNO2. The Labute approximate surface area is 117 Å². The number of halogens is 1. The summed E-state index contributed by atoms with van der Waals surface area (Å²) < 4.78 is 5.39. The van der Waals surface area contributed by atoms with Crippen LogP contribution in [0, 0.1) is 0 Å². The van der Waals surface area contributed by atoms with Crippen molar-refractivity contribution in [3.8, 4) is 5.75 Å². The summed E-state index contributed by atoms with van der Waals surface area (Å²) >= 11 is 2.95. The van der Waals surface area contributed by atoms with Gasteiger partial charge < -0.3 is 9.64 Å². The molecule has 0 bridgehead atoms. The second-order valence-corrected chi connectivity index (χ2v) is 6.07. The van der Waals surface area contributed by atoms with Crippen LogP contribution in [-0.4, -0.2) is 23.9 Å². The molecule has 1 amide bonds. The smallest absolute Gasteiger partial charge is 0.289 e. The maximum Gasteiger partial charge on any atom is 0.289 e. The zero-order valence-electron chi connectivity index (χ0n) is 11.6. The average molecular weight is 314 g/mol. The number of benzene rings is 1. The predicted octanol–water partition coefficient (Wildman–Crippen LogP) is 3.94. The molecule has 1 aromatic carbocycles. The van der Waals surface area contributed by atoms with Crippen LogP contribution in [0.5, 0.6) is 5.75 Å². The molecule has 0 saturated heterocycles. The lowest BCUT2D eigenvalue weighted by Gasteiger charge is -2.23. The van der Waals surface area contributed by atoms with E-state index < -0.39 is 0 Å². The molecular weight excluding hydrogens is 294 g/mol. The summed E-state index contributed by atoms with van der Waals surface area (Å²) in [6.07, 6.45) is 0. The molecule has 0 heterocycles. The average Bonchev–Trinajstić information content (AvgIpc) is 2.27. The van der Waals surface area contributed by atoms with E-state index in [1.165, 1.54) is 0 Å². The van der Waals surface area contributed by atoms with Crippen molar-refractivity contribution in [2.45, 2.75) is 32.7 Å². The molecule has 4 heteroatoms. The van der Waals surface area contributed by atoms with Gasteiger partial charge in [-0.05, 0) is 28.7 Å². The Hall–Kier alpha value is -1.03. The summed E-state index contributed by atoms with van der Waals surface area (Å²) in [6.45, 7) is 7.02. The largest absolute Gasteiger partial charge is 0.496 e. The van der Waals surface area contributed by atoms with E-state index in [-0.39, 0.29) is 10.2 Å². The monoisotopic (exact) mass is 313 g/mol. The van der Waals surface area contributed by atoms with Gasteiger partial charge in [0.1, 0.15) is 5.75 Å². The number of hydrogen-bond acceptors (Lipinski definition) is 2. The molecule has 0 atom stereocenters. The number of carbonyl (C=O) groups is 1. The van der Waals surface area contributed by atoms with Crippen molar-refractivity contribution in [2.75, 3.05) is 14.2 Å². The number of carbonyl (C=O) groups excluding carboxylic acids is 1. The zero-order valence-corrected chi connectivity index (χ0v) is 13.2. The number of amides is 1. The van der Waals surface area contributed by atoms with Gasteiger partial charge in [0.2, 0.25) is 0 Å². The van der Waals surface area contributed by atoms with E-state index in [0.29, 0.717) is 6.54 Å². The number of rotatable bonds is 3. The molecule has 0 aliphatic rings. The first kappa shape index (κ1) is 15.0. The van der Waals surface area contributed by atoms with Crippen molar-refractivity contribution in [2.24, 2.45) is 0 Å². The second-order valence-electron chi connectivity index (χ2n) is 5.39. The van der Waals surface area contributed by atoms with Gasteiger partial charge >= 0.3 is 0 Å². The summed E-state index contributed by atoms with van der Waals surface area (Å²) in [5.74, 6) is 0.888. The molecule has 0 radical (unpaired) electrons. The molecule has 0 N–H and O–H groups in total. The van der Waals surface area contributed by atoms with Crippen LogP contribution < -0.4 is 4.74 Å². The van der Waals surface area contributed by atoms with E-state index in [2.05, 4.69) is 42.8 Å². The third kappa shape index (κ3) is 3.73. The lowest BCUT2D eigenvalue weighted by atomic mass is 9.85. The summed E-state index contributed by atoms with van der Waals surface area (Å²) in [5.41, 5.74) is 2.26. The first-order valence-corrected chi connectivity index (χ1v) is 6.63. The highest BCUT2D eigenvalue weighted by Crippen LogP contribution is 2.32. The van der Waals surface area contributed by atoms with Crippen LogP contribution in [0.2, 0.25) is 0 Å². The van der Waals surface area contributed by atoms with Crippen LogP contribution in [0.3, 0.4) is 0 Å². The zero-order chi connectivity index (χ0) is 13.9. The van der Waals surface area contributed by atoms with Crippen LogP contribution in [-0.2, 0) is 12.0 Å². The molecule has 0 unspecified atom stereocenters. The van der Waals surface area contributed by atoms with E-state index in [4.69, 9.17) is 4.74 Å². The molecule has 0 fully saturated rings. The SMILES string of the molecule is COc1ccc(CN(C)C(=O)Br)cc1C(C)(C)C. The first-order chi connectivity index (χ1) is 8.25. The number of methoxy groups -OCH3 is 1. The van der Waals surface area contributed by atoms with E-state index in [1.807, 2.05) is 12.1 Å². The molecule has 1 rings (SSSR count). The molecule has 0 aliphatic heterocycles. The lowest BCUT2D eigenvalue weighted by Crippen LogP contribution is -2.20. The molecule has 0 saturated carbocycles. The van der Waals surface area contributed by atoms with Crippen molar-refractivity contribution >= 4 is 20.7 Å². The van der Waals surface area contributed by atoms with Gasteiger partial charge in [0.25, 0.3) is 4.82 Å². The fourth-order valence-corrected chi connectivity index (χ4v) is 1.90. The summed E-state index contributed by atoms with van der Waals surface area (Å²) in [7, 11) is 3.44. The summed E-state index contributed by atoms with van der Waals surface area (Å²) in [4.78, 5) is 12.7. The molecule has 0 aliphatic carbocycles. The van der Waals surface area contributed by atoms with E-state index in [1.54, 1.807) is 19.1 Å². The highest BCUT2D eigenvalue weighted by Gasteiger charge is 2.19. The molecule has 3 nitrogen and oxygen atoms in total. The topological polar surface area (TPSA) is 29.5 Å². The van der Waals surface area contributed by atoms with Crippen LogP contribution in [0.4, 0.5) is 4.79 Å². The van der Waals surface area contributed by atoms with Gasteiger partial charge in [0, 0.05) is 29.5 Å². The van der Waals surface area contributed by atoms with E-state index >= 15 is 0 Å². The van der Waals surface area contributed by atoms with E-state index in [9.17, 15) is 4.79 Å². The van der Waals surface area contributed by atoms with Crippen molar-refractivity contribution in [1.29, 1.82) is 0 Å². The van der Waals surface area contributed by atoms with Crippen LogP contribution in [0.25, 0.3) is 0 Å². The van der Waals surface area contributed by atoms with Gasteiger partial charge in [0.05, 0.1) is 7.11 Å². The standard InChI is InChI=1S/C14H20BrNO2/c1-14(2,3)11-8-10(6-7-12(11)18-5)9-16(4)13(15)17/h6-8H,9H2,1-5H3. The Morgan fingerprint density at radius 2 is 2.00 bits per heavy atom. The highest BCUT2D eigenvalue weighted by atomic mass is 79.9. The predicted molar refractivity (Wildman–Crippen MR) is 77.5 cm³/mol. The maximum absolute atomic E-state index is 11.2. The van der Waals surface area contributed by atoms with Gasteiger partial charge in [-0.15, -0.1) is 0 Å². The van der Waals surface area contributed by atoms with Crippen molar-refractivity contribution in [3.63, 3.8) is 0 Å². The fourth-order valence-electron chi connectivity index (χ4n) is 1.78. The minimum atomic E-state index is -0.115. The van der Waals surface area contributed by atoms with E-state index in [0.717, 1.165) is 16.9 Å².